The van der Waals surface area contributed by atoms with Gasteiger partial charge in [-0.25, -0.2) is 0 Å². The second-order valence-corrected chi connectivity index (χ2v) is 6.15. The quantitative estimate of drug-likeness (QED) is 0.922. The van der Waals surface area contributed by atoms with Crippen LogP contribution >= 0.6 is 0 Å². The average Bonchev–Trinajstić information content (AvgIpc) is 3.04. The molecule has 0 aromatic carbocycles. The zero-order valence-corrected chi connectivity index (χ0v) is 12.3. The van der Waals surface area contributed by atoms with Gasteiger partial charge in [0.05, 0.1) is 6.04 Å². The molecule has 1 aromatic heterocycles. The maximum Gasteiger partial charge on any atom is 0.223 e. The lowest BCUT2D eigenvalue weighted by Crippen LogP contribution is -2.33. The van der Waals surface area contributed by atoms with Crippen LogP contribution in [0.4, 0.5) is 0 Å². The lowest BCUT2D eigenvalue weighted by molar-refractivity contribution is -0.125. The van der Waals surface area contributed by atoms with Crippen molar-refractivity contribution in [2.24, 2.45) is 5.92 Å². The first-order valence-electron chi connectivity index (χ1n) is 7.98. The summed E-state index contributed by atoms with van der Waals surface area (Å²) in [6.07, 6.45) is 9.09. The Balaban J connectivity index is 1.69. The molecule has 1 amide bonds. The van der Waals surface area contributed by atoms with Crippen molar-refractivity contribution in [2.75, 3.05) is 0 Å². The molecule has 20 heavy (non-hydrogen) atoms. The topological polar surface area (TPSA) is 59.8 Å². The number of hydrogen-bond acceptors (Lipinski definition) is 3. The molecule has 2 heterocycles. The molecule has 1 aliphatic heterocycles. The average molecular weight is 276 g/mol. The van der Waals surface area contributed by atoms with E-state index in [1.165, 1.54) is 32.1 Å². The van der Waals surface area contributed by atoms with Gasteiger partial charge in [0.1, 0.15) is 5.82 Å². The van der Waals surface area contributed by atoms with E-state index < -0.39 is 0 Å². The van der Waals surface area contributed by atoms with Gasteiger partial charge in [-0.15, -0.1) is 10.2 Å². The van der Waals surface area contributed by atoms with Crippen molar-refractivity contribution in [1.29, 1.82) is 0 Å². The number of nitrogens with zero attached hydrogens (tertiary/aromatic N) is 3. The fourth-order valence-corrected chi connectivity index (χ4v) is 3.41. The Morgan fingerprint density at radius 3 is 2.80 bits per heavy atom. The molecule has 1 aliphatic carbocycles. The molecule has 0 radical (unpaired) electrons. The van der Waals surface area contributed by atoms with Crippen LogP contribution in [-0.4, -0.2) is 20.7 Å². The maximum absolute atomic E-state index is 12.2. The highest BCUT2D eigenvalue weighted by molar-refractivity contribution is 5.79. The Kier molecular flexibility index (Phi) is 4.03. The van der Waals surface area contributed by atoms with Gasteiger partial charge in [0, 0.05) is 18.9 Å². The third-order valence-corrected chi connectivity index (χ3v) is 4.61. The van der Waals surface area contributed by atoms with Crippen LogP contribution in [0.5, 0.6) is 0 Å². The van der Waals surface area contributed by atoms with Crippen molar-refractivity contribution in [1.82, 2.24) is 20.1 Å². The van der Waals surface area contributed by atoms with E-state index in [4.69, 9.17) is 0 Å². The van der Waals surface area contributed by atoms with E-state index in [0.717, 1.165) is 37.5 Å². The fraction of sp³-hybridized carbons (Fsp3) is 0.800. The van der Waals surface area contributed by atoms with Gasteiger partial charge in [0.25, 0.3) is 0 Å². The van der Waals surface area contributed by atoms with Crippen molar-refractivity contribution < 1.29 is 4.79 Å². The van der Waals surface area contributed by atoms with E-state index in [9.17, 15) is 4.79 Å². The molecule has 1 fully saturated rings. The molecule has 2 aliphatic rings. The van der Waals surface area contributed by atoms with Crippen LogP contribution in [0.15, 0.2) is 0 Å². The standard InChI is InChI=1S/C15H24N4O/c1-11(16-15(20)12-7-4-5-8-12)14-18-17-13-9-3-2-6-10-19(13)14/h11-12H,2-10H2,1H3,(H,16,20)/t11-/m0/s1. The van der Waals surface area contributed by atoms with Crippen molar-refractivity contribution >= 4 is 5.91 Å². The molecule has 3 rings (SSSR count). The minimum Gasteiger partial charge on any atom is -0.346 e. The van der Waals surface area contributed by atoms with Gasteiger partial charge in [-0.05, 0) is 32.6 Å². The maximum atomic E-state index is 12.2. The van der Waals surface area contributed by atoms with Crippen molar-refractivity contribution in [3.8, 4) is 0 Å². The zero-order chi connectivity index (χ0) is 13.9. The minimum atomic E-state index is -0.0394. The zero-order valence-electron chi connectivity index (χ0n) is 12.3. The molecule has 1 saturated carbocycles. The largest absolute Gasteiger partial charge is 0.346 e. The molecule has 5 nitrogen and oxygen atoms in total. The number of fused-ring (bicyclic) bond motifs is 1. The number of aryl methyl sites for hydroxylation is 1. The molecular weight excluding hydrogens is 252 g/mol. The summed E-state index contributed by atoms with van der Waals surface area (Å²) < 4.78 is 2.21. The Labute approximate surface area is 120 Å². The first kappa shape index (κ1) is 13.6. The Morgan fingerprint density at radius 2 is 2.00 bits per heavy atom. The van der Waals surface area contributed by atoms with Crippen LogP contribution in [0.3, 0.4) is 0 Å². The summed E-state index contributed by atoms with van der Waals surface area (Å²) in [5.74, 6) is 2.41. The summed E-state index contributed by atoms with van der Waals surface area (Å²) in [5, 5.41) is 11.8. The predicted molar refractivity (Wildman–Crippen MR) is 76.1 cm³/mol. The number of hydrogen-bond donors (Lipinski definition) is 1. The Hall–Kier alpha value is -1.39. The van der Waals surface area contributed by atoms with Gasteiger partial charge in [-0.1, -0.05) is 19.3 Å². The SMILES string of the molecule is C[C@H](NC(=O)C1CCCC1)c1nnc2n1CCCCC2. The molecular formula is C15H24N4O. The molecule has 0 saturated heterocycles. The van der Waals surface area contributed by atoms with Crippen LogP contribution in [0.2, 0.25) is 0 Å². The fourth-order valence-electron chi connectivity index (χ4n) is 3.41. The normalized spacial score (nSPS) is 21.2. The van der Waals surface area contributed by atoms with Gasteiger partial charge >= 0.3 is 0 Å². The highest BCUT2D eigenvalue weighted by atomic mass is 16.1. The van der Waals surface area contributed by atoms with Gasteiger partial charge in [0.15, 0.2) is 5.82 Å². The molecule has 1 atom stereocenters. The third kappa shape index (κ3) is 2.72. The molecule has 0 spiro atoms. The predicted octanol–water partition coefficient (Wildman–Crippen LogP) is 2.37. The first-order valence-corrected chi connectivity index (χ1v) is 7.98. The van der Waals surface area contributed by atoms with Gasteiger partial charge in [-0.3, -0.25) is 4.79 Å². The molecule has 110 valence electrons. The number of aromatic nitrogens is 3. The smallest absolute Gasteiger partial charge is 0.223 e. The van der Waals surface area contributed by atoms with E-state index in [1.54, 1.807) is 0 Å². The third-order valence-electron chi connectivity index (χ3n) is 4.61. The summed E-state index contributed by atoms with van der Waals surface area (Å²) in [6.45, 7) is 3.01. The van der Waals surface area contributed by atoms with E-state index >= 15 is 0 Å². The molecule has 5 heteroatoms. The van der Waals surface area contributed by atoms with Crippen LogP contribution < -0.4 is 5.32 Å². The van der Waals surface area contributed by atoms with E-state index in [0.29, 0.717) is 0 Å². The monoisotopic (exact) mass is 276 g/mol. The van der Waals surface area contributed by atoms with Crippen molar-refractivity contribution in [3.05, 3.63) is 11.6 Å². The van der Waals surface area contributed by atoms with E-state index in [1.807, 2.05) is 6.92 Å². The molecule has 0 unspecified atom stereocenters. The number of carbonyl (C=O) groups is 1. The minimum absolute atomic E-state index is 0.0394. The highest BCUT2D eigenvalue weighted by Gasteiger charge is 2.26. The first-order chi connectivity index (χ1) is 9.75. The molecule has 1 aromatic rings. The Bertz CT molecular complexity index is 476. The van der Waals surface area contributed by atoms with Crippen molar-refractivity contribution in [2.45, 2.75) is 70.9 Å². The van der Waals surface area contributed by atoms with E-state index in [2.05, 4.69) is 20.1 Å². The number of rotatable bonds is 3. The molecule has 1 N–H and O–H groups in total. The van der Waals surface area contributed by atoms with Gasteiger partial charge < -0.3 is 9.88 Å². The van der Waals surface area contributed by atoms with Crippen LogP contribution in [0, 0.1) is 5.92 Å². The lowest BCUT2D eigenvalue weighted by Gasteiger charge is -2.17. The summed E-state index contributed by atoms with van der Waals surface area (Å²) in [5.41, 5.74) is 0. The van der Waals surface area contributed by atoms with Crippen LogP contribution in [0.1, 0.15) is 69.6 Å². The summed E-state index contributed by atoms with van der Waals surface area (Å²) in [4.78, 5) is 12.2. The summed E-state index contributed by atoms with van der Waals surface area (Å²) >= 11 is 0. The number of nitrogens with one attached hydrogen (secondary N) is 1. The highest BCUT2D eigenvalue weighted by Crippen LogP contribution is 2.26. The van der Waals surface area contributed by atoms with Crippen LogP contribution in [0.25, 0.3) is 0 Å². The van der Waals surface area contributed by atoms with Crippen LogP contribution in [-0.2, 0) is 17.8 Å². The number of amides is 1. The van der Waals surface area contributed by atoms with Gasteiger partial charge in [0.2, 0.25) is 5.91 Å². The lowest BCUT2D eigenvalue weighted by atomic mass is 10.1. The van der Waals surface area contributed by atoms with E-state index in [-0.39, 0.29) is 17.9 Å². The Morgan fingerprint density at radius 1 is 1.20 bits per heavy atom. The van der Waals surface area contributed by atoms with Crippen molar-refractivity contribution in [3.63, 3.8) is 0 Å². The molecule has 0 bridgehead atoms. The second-order valence-electron chi connectivity index (χ2n) is 6.15. The van der Waals surface area contributed by atoms with Gasteiger partial charge in [-0.2, -0.15) is 0 Å². The summed E-state index contributed by atoms with van der Waals surface area (Å²) in [6, 6.07) is -0.0394. The second kappa shape index (κ2) is 5.94. The number of carbonyl (C=O) groups excluding carboxylic acids is 1. The summed E-state index contributed by atoms with van der Waals surface area (Å²) in [7, 11) is 0.